The molecule has 0 aliphatic carbocycles. The van der Waals surface area contributed by atoms with E-state index in [1.54, 1.807) is 42.5 Å². The molecule has 2 aromatic rings. The average molecular weight is 461 g/mol. The van der Waals surface area contributed by atoms with Gasteiger partial charge < -0.3 is 20.5 Å². The number of aliphatic carboxylic acids is 1. The number of amides is 2. The molecule has 0 saturated carbocycles. The molecule has 0 spiro atoms. The third kappa shape index (κ3) is 7.08. The average Bonchev–Trinajstić information content (AvgIpc) is 2.71. The normalized spacial score (nSPS) is 10.9. The Morgan fingerprint density at radius 1 is 1.10 bits per heavy atom. The van der Waals surface area contributed by atoms with Gasteiger partial charge in [-0.25, -0.2) is 0 Å². The van der Waals surface area contributed by atoms with Crippen molar-refractivity contribution in [3.63, 3.8) is 0 Å². The molecule has 0 bridgehead atoms. The van der Waals surface area contributed by atoms with E-state index in [0.717, 1.165) is 4.47 Å². The number of ether oxygens (including phenoxy) is 1. The fourth-order valence-electron chi connectivity index (χ4n) is 2.44. The van der Waals surface area contributed by atoms with E-state index < -0.39 is 17.8 Å². The number of nitrogens with one attached hydrogen (secondary N) is 2. The summed E-state index contributed by atoms with van der Waals surface area (Å²) in [6, 6.07) is 13.9. The van der Waals surface area contributed by atoms with Crippen molar-refractivity contribution < 1.29 is 24.2 Å². The molecule has 0 aromatic heterocycles. The van der Waals surface area contributed by atoms with E-state index in [9.17, 15) is 14.4 Å². The minimum absolute atomic E-state index is 0.0403. The third-order valence-corrected chi connectivity index (χ3v) is 4.41. The highest BCUT2D eigenvalue weighted by Gasteiger charge is 2.17. The second kappa shape index (κ2) is 11.0. The summed E-state index contributed by atoms with van der Waals surface area (Å²) in [6.45, 7) is 0.174. The molecular formula is C21H21BrN2O5. The maximum absolute atomic E-state index is 12.7. The number of rotatable bonds is 9. The van der Waals surface area contributed by atoms with Gasteiger partial charge in [0.05, 0.1) is 12.7 Å². The van der Waals surface area contributed by atoms with Gasteiger partial charge in [0.1, 0.15) is 11.4 Å². The summed E-state index contributed by atoms with van der Waals surface area (Å²) >= 11 is 3.35. The molecule has 0 saturated heterocycles. The Morgan fingerprint density at radius 2 is 1.79 bits per heavy atom. The molecule has 2 aromatic carbocycles. The van der Waals surface area contributed by atoms with Crippen LogP contribution in [-0.2, 0) is 9.59 Å². The van der Waals surface area contributed by atoms with Crippen molar-refractivity contribution in [3.05, 3.63) is 69.8 Å². The maximum Gasteiger partial charge on any atom is 0.303 e. The van der Waals surface area contributed by atoms with Crippen LogP contribution in [0.3, 0.4) is 0 Å². The van der Waals surface area contributed by atoms with Crippen LogP contribution in [0, 0.1) is 0 Å². The Labute approximate surface area is 176 Å². The second-order valence-corrected chi connectivity index (χ2v) is 6.93. The molecule has 2 amide bonds. The van der Waals surface area contributed by atoms with E-state index in [0.29, 0.717) is 11.3 Å². The summed E-state index contributed by atoms with van der Waals surface area (Å²) in [6.07, 6.45) is 1.78. The number of carboxylic acid groups (broad SMARTS) is 1. The highest BCUT2D eigenvalue weighted by atomic mass is 79.9. The number of benzene rings is 2. The lowest BCUT2D eigenvalue weighted by molar-refractivity contribution is -0.137. The predicted octanol–water partition coefficient (Wildman–Crippen LogP) is 3.21. The predicted molar refractivity (Wildman–Crippen MR) is 112 cm³/mol. The number of methoxy groups -OCH3 is 1. The molecule has 0 atom stereocenters. The molecule has 8 heteroatoms. The quantitative estimate of drug-likeness (QED) is 0.393. The van der Waals surface area contributed by atoms with Gasteiger partial charge in [0.2, 0.25) is 0 Å². The Kier molecular flexibility index (Phi) is 8.42. The van der Waals surface area contributed by atoms with E-state index >= 15 is 0 Å². The van der Waals surface area contributed by atoms with Gasteiger partial charge in [0.25, 0.3) is 11.8 Å². The standard InChI is InChI=1S/C21H21BrN2O5/c1-29-18-6-3-2-5-16(18)20(27)24-17(13-14-8-10-15(22)11-9-14)21(28)23-12-4-7-19(25)26/h2-3,5-6,8-11,13H,4,7,12H2,1H3,(H,23,28)(H,24,27)(H,25,26)/b17-13+. The molecule has 29 heavy (non-hydrogen) atoms. The van der Waals surface area contributed by atoms with E-state index in [-0.39, 0.29) is 30.6 Å². The maximum atomic E-state index is 12.7. The first-order chi connectivity index (χ1) is 13.9. The van der Waals surface area contributed by atoms with Gasteiger partial charge in [-0.2, -0.15) is 0 Å². The van der Waals surface area contributed by atoms with E-state index in [2.05, 4.69) is 26.6 Å². The first-order valence-corrected chi connectivity index (χ1v) is 9.61. The molecular weight excluding hydrogens is 440 g/mol. The smallest absolute Gasteiger partial charge is 0.303 e. The monoisotopic (exact) mass is 460 g/mol. The molecule has 0 unspecified atom stereocenters. The lowest BCUT2D eigenvalue weighted by Crippen LogP contribution is -2.35. The molecule has 3 N–H and O–H groups in total. The van der Waals surface area contributed by atoms with E-state index in [1.165, 1.54) is 7.11 Å². The molecule has 0 aliphatic rings. The van der Waals surface area contributed by atoms with Crippen LogP contribution in [0.1, 0.15) is 28.8 Å². The van der Waals surface area contributed by atoms with Crippen molar-refractivity contribution >= 4 is 39.8 Å². The molecule has 0 radical (unpaired) electrons. The number of carbonyl (C=O) groups excluding carboxylic acids is 2. The molecule has 152 valence electrons. The zero-order valence-corrected chi connectivity index (χ0v) is 17.4. The fourth-order valence-corrected chi connectivity index (χ4v) is 2.71. The first kappa shape index (κ1) is 22.2. The Bertz CT molecular complexity index is 910. The summed E-state index contributed by atoms with van der Waals surface area (Å²) in [5, 5.41) is 14.0. The number of carbonyl (C=O) groups is 3. The minimum Gasteiger partial charge on any atom is -0.496 e. The highest BCUT2D eigenvalue weighted by molar-refractivity contribution is 9.10. The lowest BCUT2D eigenvalue weighted by Gasteiger charge is -2.13. The summed E-state index contributed by atoms with van der Waals surface area (Å²) < 4.78 is 6.08. The lowest BCUT2D eigenvalue weighted by atomic mass is 10.1. The second-order valence-electron chi connectivity index (χ2n) is 6.02. The van der Waals surface area contributed by atoms with Crippen LogP contribution < -0.4 is 15.4 Å². The molecule has 0 aliphatic heterocycles. The Morgan fingerprint density at radius 3 is 2.45 bits per heavy atom. The van der Waals surface area contributed by atoms with Crippen LogP contribution in [0.4, 0.5) is 0 Å². The number of carboxylic acids is 1. The third-order valence-electron chi connectivity index (χ3n) is 3.88. The van der Waals surface area contributed by atoms with Crippen molar-refractivity contribution in [2.45, 2.75) is 12.8 Å². The van der Waals surface area contributed by atoms with Crippen molar-refractivity contribution in [2.24, 2.45) is 0 Å². The largest absolute Gasteiger partial charge is 0.496 e. The number of halogens is 1. The fraction of sp³-hybridized carbons (Fsp3) is 0.190. The molecule has 7 nitrogen and oxygen atoms in total. The number of hydrogen-bond donors (Lipinski definition) is 3. The number of hydrogen-bond acceptors (Lipinski definition) is 4. The molecule has 2 rings (SSSR count). The van der Waals surface area contributed by atoms with Gasteiger partial charge in [-0.3, -0.25) is 14.4 Å². The summed E-state index contributed by atoms with van der Waals surface area (Å²) in [4.78, 5) is 35.9. The number of para-hydroxylation sites is 1. The molecule has 0 heterocycles. The zero-order chi connectivity index (χ0) is 21.2. The minimum atomic E-state index is -0.936. The summed E-state index contributed by atoms with van der Waals surface area (Å²) in [7, 11) is 1.46. The van der Waals surface area contributed by atoms with Crippen LogP contribution in [0.15, 0.2) is 58.7 Å². The van der Waals surface area contributed by atoms with Gasteiger partial charge >= 0.3 is 5.97 Å². The van der Waals surface area contributed by atoms with Gasteiger partial charge in [-0.05, 0) is 42.3 Å². The molecule has 0 fully saturated rings. The highest BCUT2D eigenvalue weighted by Crippen LogP contribution is 2.18. The summed E-state index contributed by atoms with van der Waals surface area (Å²) in [5.41, 5.74) is 1.04. The van der Waals surface area contributed by atoms with Crippen molar-refractivity contribution in [1.29, 1.82) is 0 Å². The van der Waals surface area contributed by atoms with Crippen LogP contribution >= 0.6 is 15.9 Å². The Balaban J connectivity index is 2.21. The van der Waals surface area contributed by atoms with Crippen molar-refractivity contribution in [3.8, 4) is 5.75 Å². The van der Waals surface area contributed by atoms with Crippen LogP contribution in [0.2, 0.25) is 0 Å². The van der Waals surface area contributed by atoms with E-state index in [4.69, 9.17) is 9.84 Å². The first-order valence-electron chi connectivity index (χ1n) is 8.82. The summed E-state index contributed by atoms with van der Waals surface area (Å²) in [5.74, 6) is -1.56. The van der Waals surface area contributed by atoms with Gasteiger partial charge in [-0.1, -0.05) is 40.2 Å². The van der Waals surface area contributed by atoms with Gasteiger partial charge in [-0.15, -0.1) is 0 Å². The van der Waals surface area contributed by atoms with Gasteiger partial charge in [0.15, 0.2) is 0 Å². The van der Waals surface area contributed by atoms with Crippen LogP contribution in [-0.4, -0.2) is 36.5 Å². The van der Waals surface area contributed by atoms with Crippen molar-refractivity contribution in [2.75, 3.05) is 13.7 Å². The SMILES string of the molecule is COc1ccccc1C(=O)N/C(=C/c1ccc(Br)cc1)C(=O)NCCCC(=O)O. The van der Waals surface area contributed by atoms with Crippen LogP contribution in [0.25, 0.3) is 6.08 Å². The topological polar surface area (TPSA) is 105 Å². The Hall–Kier alpha value is -3.13. The van der Waals surface area contributed by atoms with E-state index in [1.807, 2.05) is 12.1 Å². The zero-order valence-electron chi connectivity index (χ0n) is 15.8. The van der Waals surface area contributed by atoms with Crippen molar-refractivity contribution in [1.82, 2.24) is 10.6 Å². The van der Waals surface area contributed by atoms with Crippen LogP contribution in [0.5, 0.6) is 5.75 Å². The van der Waals surface area contributed by atoms with Gasteiger partial charge in [0, 0.05) is 17.4 Å².